The first-order valence-corrected chi connectivity index (χ1v) is 6.61. The van der Waals surface area contributed by atoms with Crippen molar-refractivity contribution >= 4 is 11.8 Å². The van der Waals surface area contributed by atoms with Crippen molar-refractivity contribution in [3.63, 3.8) is 0 Å². The van der Waals surface area contributed by atoms with Crippen molar-refractivity contribution in [3.8, 4) is 0 Å². The first kappa shape index (κ1) is 9.81. The van der Waals surface area contributed by atoms with E-state index in [0.29, 0.717) is 0 Å². The first-order chi connectivity index (χ1) is 6.45. The van der Waals surface area contributed by atoms with Crippen LogP contribution in [0.2, 0.25) is 0 Å². The Morgan fingerprint density at radius 1 is 1.23 bits per heavy atom. The van der Waals surface area contributed by atoms with E-state index in [2.05, 4.69) is 22.0 Å². The molecular formula is C10H20N2S. The number of nitrogens with one attached hydrogen (secondary N) is 1. The van der Waals surface area contributed by atoms with Gasteiger partial charge in [0.1, 0.15) is 0 Å². The third kappa shape index (κ3) is 3.15. The quantitative estimate of drug-likeness (QED) is 0.668. The summed E-state index contributed by atoms with van der Waals surface area (Å²) in [5.41, 5.74) is 0. The average Bonchev–Trinajstić information content (AvgIpc) is 2.53. The van der Waals surface area contributed by atoms with E-state index in [9.17, 15) is 0 Å². The van der Waals surface area contributed by atoms with Gasteiger partial charge in [0.25, 0.3) is 0 Å². The second-order valence-electron chi connectivity index (χ2n) is 4.15. The van der Waals surface area contributed by atoms with E-state index >= 15 is 0 Å². The molecule has 76 valence electrons. The number of nitrogens with zero attached hydrogens (tertiary/aromatic N) is 1. The van der Waals surface area contributed by atoms with Gasteiger partial charge in [0, 0.05) is 12.3 Å². The summed E-state index contributed by atoms with van der Waals surface area (Å²) in [6.07, 6.45) is 2.86. The third-order valence-electron chi connectivity index (χ3n) is 2.97. The third-order valence-corrected chi connectivity index (χ3v) is 4.15. The van der Waals surface area contributed by atoms with Crippen LogP contribution in [0, 0.1) is 5.92 Å². The molecule has 2 saturated heterocycles. The SMILES string of the molecule is C1CCN(CCSCC2CNC2)C1. The number of thioether (sulfide) groups is 1. The van der Waals surface area contributed by atoms with E-state index in [1.807, 2.05) is 0 Å². The molecule has 0 atom stereocenters. The maximum Gasteiger partial charge on any atom is 0.00723 e. The molecule has 3 heteroatoms. The summed E-state index contributed by atoms with van der Waals surface area (Å²) in [6.45, 7) is 6.55. The van der Waals surface area contributed by atoms with Crippen LogP contribution in [-0.4, -0.2) is 49.1 Å². The molecule has 2 heterocycles. The molecule has 0 unspecified atom stereocenters. The Morgan fingerprint density at radius 2 is 2.00 bits per heavy atom. The lowest BCUT2D eigenvalue weighted by Gasteiger charge is -2.26. The van der Waals surface area contributed by atoms with Crippen LogP contribution in [0.25, 0.3) is 0 Å². The summed E-state index contributed by atoms with van der Waals surface area (Å²) in [4.78, 5) is 2.60. The Kier molecular flexibility index (Phi) is 3.94. The number of hydrogen-bond acceptors (Lipinski definition) is 3. The molecule has 2 fully saturated rings. The Hall–Kier alpha value is 0.270. The van der Waals surface area contributed by atoms with Gasteiger partial charge in [-0.05, 0) is 50.7 Å². The zero-order chi connectivity index (χ0) is 8.93. The summed E-state index contributed by atoms with van der Waals surface area (Å²) in [5, 5.41) is 3.32. The van der Waals surface area contributed by atoms with Crippen molar-refractivity contribution in [1.82, 2.24) is 10.2 Å². The van der Waals surface area contributed by atoms with E-state index in [1.165, 1.54) is 57.1 Å². The number of hydrogen-bond donors (Lipinski definition) is 1. The molecule has 0 aromatic heterocycles. The lowest BCUT2D eigenvalue weighted by molar-refractivity contribution is 0.360. The largest absolute Gasteiger partial charge is 0.316 e. The van der Waals surface area contributed by atoms with Crippen LogP contribution < -0.4 is 5.32 Å². The summed E-state index contributed by atoms with van der Waals surface area (Å²) in [5.74, 6) is 3.70. The fourth-order valence-corrected chi connectivity index (χ4v) is 3.04. The Balaban J connectivity index is 1.43. The molecule has 1 N–H and O–H groups in total. The van der Waals surface area contributed by atoms with E-state index in [-0.39, 0.29) is 0 Å². The van der Waals surface area contributed by atoms with Gasteiger partial charge in [0.05, 0.1) is 0 Å². The van der Waals surface area contributed by atoms with Crippen molar-refractivity contribution in [2.75, 3.05) is 44.2 Å². The highest BCUT2D eigenvalue weighted by Gasteiger charge is 2.16. The van der Waals surface area contributed by atoms with Crippen molar-refractivity contribution in [2.24, 2.45) is 5.92 Å². The molecule has 2 nitrogen and oxygen atoms in total. The normalized spacial score (nSPS) is 24.9. The molecule has 0 aromatic carbocycles. The minimum absolute atomic E-state index is 0.976. The Labute approximate surface area is 85.4 Å². The predicted octanol–water partition coefficient (Wildman–Crippen LogP) is 1.03. The second-order valence-corrected chi connectivity index (χ2v) is 5.30. The molecule has 0 spiro atoms. The van der Waals surface area contributed by atoms with Crippen molar-refractivity contribution in [2.45, 2.75) is 12.8 Å². The van der Waals surface area contributed by atoms with E-state index < -0.39 is 0 Å². The van der Waals surface area contributed by atoms with Gasteiger partial charge >= 0.3 is 0 Å². The zero-order valence-corrected chi connectivity index (χ0v) is 9.11. The van der Waals surface area contributed by atoms with Crippen LogP contribution in [0.15, 0.2) is 0 Å². The van der Waals surface area contributed by atoms with Crippen molar-refractivity contribution in [1.29, 1.82) is 0 Å². The van der Waals surface area contributed by atoms with Crippen molar-refractivity contribution in [3.05, 3.63) is 0 Å². The van der Waals surface area contributed by atoms with Crippen LogP contribution >= 0.6 is 11.8 Å². The smallest absolute Gasteiger partial charge is 0.00723 e. The fraction of sp³-hybridized carbons (Fsp3) is 1.00. The molecule has 2 aliphatic rings. The van der Waals surface area contributed by atoms with Gasteiger partial charge in [0.15, 0.2) is 0 Å². The summed E-state index contributed by atoms with van der Waals surface area (Å²) < 4.78 is 0. The van der Waals surface area contributed by atoms with E-state index in [0.717, 1.165) is 5.92 Å². The van der Waals surface area contributed by atoms with Gasteiger partial charge < -0.3 is 10.2 Å². The highest BCUT2D eigenvalue weighted by molar-refractivity contribution is 7.99. The average molecular weight is 200 g/mol. The molecule has 0 amide bonds. The fourth-order valence-electron chi connectivity index (χ4n) is 1.92. The molecule has 0 aromatic rings. The summed E-state index contributed by atoms with van der Waals surface area (Å²) in [6, 6.07) is 0. The lowest BCUT2D eigenvalue weighted by atomic mass is 10.1. The van der Waals surface area contributed by atoms with Crippen LogP contribution in [0.1, 0.15) is 12.8 Å². The molecule has 0 saturated carbocycles. The molecule has 13 heavy (non-hydrogen) atoms. The van der Waals surface area contributed by atoms with Crippen LogP contribution in [-0.2, 0) is 0 Å². The van der Waals surface area contributed by atoms with Crippen LogP contribution in [0.4, 0.5) is 0 Å². The molecule has 0 bridgehead atoms. The molecule has 2 aliphatic heterocycles. The maximum absolute atomic E-state index is 3.32. The van der Waals surface area contributed by atoms with Gasteiger partial charge in [-0.15, -0.1) is 0 Å². The van der Waals surface area contributed by atoms with Gasteiger partial charge in [-0.25, -0.2) is 0 Å². The van der Waals surface area contributed by atoms with Gasteiger partial charge in [-0.1, -0.05) is 0 Å². The van der Waals surface area contributed by atoms with E-state index in [1.54, 1.807) is 0 Å². The minimum Gasteiger partial charge on any atom is -0.316 e. The number of rotatable bonds is 5. The van der Waals surface area contributed by atoms with E-state index in [4.69, 9.17) is 0 Å². The minimum atomic E-state index is 0.976. The van der Waals surface area contributed by atoms with Crippen LogP contribution in [0.3, 0.4) is 0 Å². The highest BCUT2D eigenvalue weighted by Crippen LogP contribution is 2.14. The molecular weight excluding hydrogens is 180 g/mol. The molecule has 0 aliphatic carbocycles. The molecule has 0 radical (unpaired) electrons. The monoisotopic (exact) mass is 200 g/mol. The lowest BCUT2D eigenvalue weighted by Crippen LogP contribution is -2.43. The van der Waals surface area contributed by atoms with Gasteiger partial charge in [0.2, 0.25) is 0 Å². The van der Waals surface area contributed by atoms with Gasteiger partial charge in [-0.3, -0.25) is 0 Å². The summed E-state index contributed by atoms with van der Waals surface area (Å²) in [7, 11) is 0. The van der Waals surface area contributed by atoms with Crippen LogP contribution in [0.5, 0.6) is 0 Å². The topological polar surface area (TPSA) is 15.3 Å². The number of likely N-dealkylation sites (tertiary alicyclic amines) is 1. The maximum atomic E-state index is 3.32. The standard InChI is InChI=1S/C10H20N2S/c1-2-4-12(3-1)5-6-13-9-10-7-11-8-10/h10-11H,1-9H2. The Morgan fingerprint density at radius 3 is 2.62 bits per heavy atom. The summed E-state index contributed by atoms with van der Waals surface area (Å²) >= 11 is 2.14. The van der Waals surface area contributed by atoms with Crippen molar-refractivity contribution < 1.29 is 0 Å². The predicted molar refractivity (Wildman–Crippen MR) is 59.4 cm³/mol. The molecule has 2 rings (SSSR count). The highest BCUT2D eigenvalue weighted by atomic mass is 32.2. The first-order valence-electron chi connectivity index (χ1n) is 5.46. The van der Waals surface area contributed by atoms with Gasteiger partial charge in [-0.2, -0.15) is 11.8 Å². The Bertz CT molecular complexity index is 142. The zero-order valence-electron chi connectivity index (χ0n) is 8.30. The second kappa shape index (κ2) is 5.23.